The van der Waals surface area contributed by atoms with Crippen molar-refractivity contribution in [2.75, 3.05) is 18.2 Å². The van der Waals surface area contributed by atoms with E-state index in [1.165, 1.54) is 6.20 Å². The van der Waals surface area contributed by atoms with Gasteiger partial charge in [0.1, 0.15) is 16.4 Å². The van der Waals surface area contributed by atoms with Gasteiger partial charge in [-0.1, -0.05) is 23.4 Å². The van der Waals surface area contributed by atoms with Crippen LogP contribution in [0.1, 0.15) is 31.2 Å². The number of methoxy groups -OCH3 is 1. The smallest absolute Gasteiger partial charge is 0.222 e. The summed E-state index contributed by atoms with van der Waals surface area (Å²) in [7, 11) is 1.57. The van der Waals surface area contributed by atoms with Crippen molar-refractivity contribution in [2.45, 2.75) is 31.3 Å². The number of nitrogens with two attached hydrogens (primary N) is 1. The maximum atomic E-state index is 10.4. The second-order valence-corrected chi connectivity index (χ2v) is 6.36. The predicted octanol–water partition coefficient (Wildman–Crippen LogP) is 3.12. The highest BCUT2D eigenvalue weighted by Gasteiger charge is 2.28. The Balaban J connectivity index is 1.90. The van der Waals surface area contributed by atoms with Gasteiger partial charge in [-0.2, -0.15) is 4.98 Å². The third kappa shape index (κ3) is 4.13. The lowest BCUT2D eigenvalue weighted by Crippen LogP contribution is -2.20. The number of anilines is 3. The first kappa shape index (κ1) is 17.3. The Morgan fingerprint density at radius 2 is 2.12 bits per heavy atom. The molecule has 0 radical (unpaired) electrons. The summed E-state index contributed by atoms with van der Waals surface area (Å²) < 4.78 is 5.36. The van der Waals surface area contributed by atoms with Crippen LogP contribution in [0.25, 0.3) is 0 Å². The monoisotopic (exact) mass is 358 g/mol. The number of halogens is 1. The Bertz CT molecular complexity index is 839. The number of nitrogens with one attached hydrogen (secondary N) is 1. The van der Waals surface area contributed by atoms with Crippen LogP contribution in [0.4, 0.5) is 17.5 Å². The van der Waals surface area contributed by atoms with E-state index < -0.39 is 5.60 Å². The molecule has 1 aromatic carbocycles. The second-order valence-electron chi connectivity index (χ2n) is 5.95. The van der Waals surface area contributed by atoms with Gasteiger partial charge < -0.3 is 20.9 Å². The van der Waals surface area contributed by atoms with Crippen molar-refractivity contribution in [1.29, 1.82) is 0 Å². The van der Waals surface area contributed by atoms with Gasteiger partial charge in [-0.25, -0.2) is 4.98 Å². The van der Waals surface area contributed by atoms with Gasteiger partial charge in [-0.3, -0.25) is 0 Å². The topological polar surface area (TPSA) is 93.3 Å². The first-order chi connectivity index (χ1) is 12.0. The molecule has 1 aliphatic rings. The molecule has 0 amide bonds. The van der Waals surface area contributed by atoms with E-state index in [1.807, 2.05) is 12.1 Å². The SMILES string of the molecule is COc1ccc(C#CC2(O)CCCC2)cc1Nc1nc(N)ncc1Cl. The van der Waals surface area contributed by atoms with Crippen molar-refractivity contribution in [1.82, 2.24) is 9.97 Å². The number of ether oxygens (including phenoxy) is 1. The number of aliphatic hydroxyl groups is 1. The van der Waals surface area contributed by atoms with Gasteiger partial charge in [0.25, 0.3) is 0 Å². The largest absolute Gasteiger partial charge is 0.495 e. The standard InChI is InChI=1S/C18H19ClN4O2/c1-25-15-5-4-12(6-9-18(24)7-2-3-8-18)10-14(15)22-16-13(19)11-21-17(20)23-16/h4-5,10-11,24H,2-3,7-8H2,1H3,(H3,20,21,22,23). The molecule has 130 valence electrons. The molecule has 1 fully saturated rings. The molecule has 0 unspecified atom stereocenters. The number of rotatable bonds is 3. The van der Waals surface area contributed by atoms with E-state index in [0.717, 1.165) is 31.2 Å². The van der Waals surface area contributed by atoms with E-state index in [9.17, 15) is 5.11 Å². The molecule has 6 nitrogen and oxygen atoms in total. The van der Waals surface area contributed by atoms with Crippen molar-refractivity contribution >= 4 is 29.1 Å². The van der Waals surface area contributed by atoms with Crippen LogP contribution in [0, 0.1) is 11.8 Å². The minimum Gasteiger partial charge on any atom is -0.495 e. The highest BCUT2D eigenvalue weighted by Crippen LogP contribution is 2.31. The first-order valence-corrected chi connectivity index (χ1v) is 8.35. The van der Waals surface area contributed by atoms with Crippen molar-refractivity contribution in [2.24, 2.45) is 0 Å². The molecular formula is C18H19ClN4O2. The van der Waals surface area contributed by atoms with Crippen LogP contribution < -0.4 is 15.8 Å². The van der Waals surface area contributed by atoms with Gasteiger partial charge in [0, 0.05) is 5.56 Å². The van der Waals surface area contributed by atoms with E-state index in [0.29, 0.717) is 22.3 Å². The van der Waals surface area contributed by atoms with Crippen molar-refractivity contribution in [3.63, 3.8) is 0 Å². The van der Waals surface area contributed by atoms with Crippen LogP contribution in [0.3, 0.4) is 0 Å². The van der Waals surface area contributed by atoms with Crippen LogP contribution in [0.2, 0.25) is 5.02 Å². The molecule has 25 heavy (non-hydrogen) atoms. The van der Waals surface area contributed by atoms with Gasteiger partial charge >= 0.3 is 0 Å². The van der Waals surface area contributed by atoms with Gasteiger partial charge in [-0.05, 0) is 43.9 Å². The fourth-order valence-electron chi connectivity index (χ4n) is 2.75. The van der Waals surface area contributed by atoms with Crippen LogP contribution in [-0.4, -0.2) is 27.8 Å². The normalized spacial score (nSPS) is 15.3. The highest BCUT2D eigenvalue weighted by atomic mass is 35.5. The lowest BCUT2D eigenvalue weighted by atomic mass is 10.0. The van der Waals surface area contributed by atoms with Crippen LogP contribution in [0.5, 0.6) is 5.75 Å². The van der Waals surface area contributed by atoms with Gasteiger partial charge in [0.2, 0.25) is 5.95 Å². The third-order valence-corrected chi connectivity index (χ3v) is 4.36. The molecule has 3 rings (SSSR count). The van der Waals surface area contributed by atoms with Gasteiger partial charge in [-0.15, -0.1) is 0 Å². The number of hydrogen-bond acceptors (Lipinski definition) is 6. The summed E-state index contributed by atoms with van der Waals surface area (Å²) in [6.45, 7) is 0. The van der Waals surface area contributed by atoms with E-state index in [2.05, 4.69) is 27.1 Å². The summed E-state index contributed by atoms with van der Waals surface area (Å²) >= 11 is 6.10. The predicted molar refractivity (Wildman–Crippen MR) is 98.0 cm³/mol. The van der Waals surface area contributed by atoms with Gasteiger partial charge in [0.15, 0.2) is 5.82 Å². The summed E-state index contributed by atoms with van der Waals surface area (Å²) in [5, 5.41) is 13.8. The van der Waals surface area contributed by atoms with Gasteiger partial charge in [0.05, 0.1) is 19.0 Å². The average Bonchev–Trinajstić information content (AvgIpc) is 3.04. The third-order valence-electron chi connectivity index (χ3n) is 4.09. The minimum atomic E-state index is -0.877. The summed E-state index contributed by atoms with van der Waals surface area (Å²) in [6.07, 6.45) is 4.88. The number of benzene rings is 1. The van der Waals surface area contributed by atoms with Crippen LogP contribution in [0.15, 0.2) is 24.4 Å². The quantitative estimate of drug-likeness (QED) is 0.730. The first-order valence-electron chi connectivity index (χ1n) is 7.98. The Morgan fingerprint density at radius 3 is 2.84 bits per heavy atom. The second kappa shape index (κ2) is 7.18. The molecule has 2 aromatic rings. The zero-order valence-corrected chi connectivity index (χ0v) is 14.6. The average molecular weight is 359 g/mol. The molecule has 0 atom stereocenters. The Kier molecular flexibility index (Phi) is 4.98. The Morgan fingerprint density at radius 1 is 1.36 bits per heavy atom. The van der Waals surface area contributed by atoms with E-state index in [-0.39, 0.29) is 5.95 Å². The van der Waals surface area contributed by atoms with Crippen LogP contribution in [-0.2, 0) is 0 Å². The molecule has 0 bridgehead atoms. The molecule has 4 N–H and O–H groups in total. The number of nitrogen functional groups attached to an aromatic ring is 1. The lowest BCUT2D eigenvalue weighted by molar-refractivity contribution is 0.110. The molecule has 0 aliphatic heterocycles. The summed E-state index contributed by atoms with van der Waals surface area (Å²) in [4.78, 5) is 7.92. The Labute approximate surface area is 151 Å². The maximum absolute atomic E-state index is 10.4. The highest BCUT2D eigenvalue weighted by molar-refractivity contribution is 6.32. The number of nitrogens with zero attached hydrogens (tertiary/aromatic N) is 2. The zero-order valence-electron chi connectivity index (χ0n) is 13.8. The number of aromatic nitrogens is 2. The molecule has 7 heteroatoms. The fourth-order valence-corrected chi connectivity index (χ4v) is 2.89. The summed E-state index contributed by atoms with van der Waals surface area (Å²) in [6, 6.07) is 5.45. The lowest BCUT2D eigenvalue weighted by Gasteiger charge is -2.14. The molecule has 1 aromatic heterocycles. The van der Waals surface area contributed by atoms with E-state index in [1.54, 1.807) is 13.2 Å². The van der Waals surface area contributed by atoms with Crippen molar-refractivity contribution in [3.05, 3.63) is 35.0 Å². The van der Waals surface area contributed by atoms with E-state index in [4.69, 9.17) is 22.1 Å². The minimum absolute atomic E-state index is 0.116. The summed E-state index contributed by atoms with van der Waals surface area (Å²) in [5.41, 5.74) is 6.13. The fraction of sp³-hybridized carbons (Fsp3) is 0.333. The zero-order chi connectivity index (χ0) is 17.9. The molecule has 1 saturated carbocycles. The Hall–Kier alpha value is -2.49. The molecular weight excluding hydrogens is 340 g/mol. The molecule has 1 heterocycles. The maximum Gasteiger partial charge on any atom is 0.222 e. The molecule has 0 saturated heterocycles. The van der Waals surface area contributed by atoms with Crippen LogP contribution >= 0.6 is 11.6 Å². The van der Waals surface area contributed by atoms with Crippen molar-refractivity contribution in [3.8, 4) is 17.6 Å². The summed E-state index contributed by atoms with van der Waals surface area (Å²) in [5.74, 6) is 7.14. The van der Waals surface area contributed by atoms with Crippen molar-refractivity contribution < 1.29 is 9.84 Å². The molecule has 1 aliphatic carbocycles. The number of hydrogen-bond donors (Lipinski definition) is 3. The van der Waals surface area contributed by atoms with E-state index >= 15 is 0 Å². The molecule has 0 spiro atoms.